The quantitative estimate of drug-likeness (QED) is 0.0261. The number of ether oxygens (including phenoxy) is 2. The highest BCUT2D eigenvalue weighted by Crippen LogP contribution is 2.24. The SMILES string of the molecule is CCCCCCCCCC/C=C\CCCCCCCCCCCCCCCCCCCCCCCCCCCC(=O)NC(COC1OC(CO)C(O)C(O)C1O)C(O)/C=C/CC/C=C/CC/C=C/CCCCCCCCCCCCCCCCCCCCCC. The number of hydrogen-bond acceptors (Lipinski definition) is 8. The van der Waals surface area contributed by atoms with E-state index in [2.05, 4.69) is 55.6 Å². The Morgan fingerprint density at radius 3 is 0.933 bits per heavy atom. The van der Waals surface area contributed by atoms with E-state index < -0.39 is 49.5 Å². The highest BCUT2D eigenvalue weighted by atomic mass is 16.7. The number of aliphatic hydroxyl groups is 5. The second kappa shape index (κ2) is 70.0. The van der Waals surface area contributed by atoms with Crippen molar-refractivity contribution in [2.24, 2.45) is 0 Å². The topological polar surface area (TPSA) is 149 Å². The second-order valence-corrected chi connectivity index (χ2v) is 27.8. The van der Waals surface area contributed by atoms with Crippen LogP contribution in [0.4, 0.5) is 0 Å². The van der Waals surface area contributed by atoms with Crippen LogP contribution in [0.15, 0.2) is 48.6 Å². The molecule has 0 aromatic carbocycles. The van der Waals surface area contributed by atoms with Crippen LogP contribution in [0.3, 0.4) is 0 Å². The van der Waals surface area contributed by atoms with Crippen molar-refractivity contribution in [3.05, 3.63) is 48.6 Å². The Morgan fingerprint density at radius 1 is 0.367 bits per heavy atom. The van der Waals surface area contributed by atoms with Gasteiger partial charge >= 0.3 is 0 Å². The lowest BCUT2D eigenvalue weighted by Gasteiger charge is -2.40. The average Bonchev–Trinajstić information content (AvgIpc) is 1.28. The summed E-state index contributed by atoms with van der Waals surface area (Å²) in [7, 11) is 0. The van der Waals surface area contributed by atoms with E-state index in [1.807, 2.05) is 6.08 Å². The normalized spacial score (nSPS) is 18.0. The number of rotatable bonds is 71. The molecule has 0 aliphatic carbocycles. The predicted octanol–water partition coefficient (Wildman–Crippen LogP) is 22.7. The van der Waals surface area contributed by atoms with Gasteiger partial charge < -0.3 is 40.3 Å². The Morgan fingerprint density at radius 2 is 0.633 bits per heavy atom. The van der Waals surface area contributed by atoms with Gasteiger partial charge in [-0.2, -0.15) is 0 Å². The van der Waals surface area contributed by atoms with Gasteiger partial charge in [-0.1, -0.05) is 377 Å². The molecule has 9 nitrogen and oxygen atoms in total. The summed E-state index contributed by atoms with van der Waals surface area (Å²) in [6.45, 7) is 3.82. The zero-order chi connectivity index (χ0) is 64.9. The highest BCUT2D eigenvalue weighted by Gasteiger charge is 2.44. The minimum Gasteiger partial charge on any atom is -0.394 e. The van der Waals surface area contributed by atoms with Crippen molar-refractivity contribution in [3.8, 4) is 0 Å². The number of hydrogen-bond donors (Lipinski definition) is 6. The van der Waals surface area contributed by atoms with Gasteiger partial charge in [0.2, 0.25) is 5.91 Å². The summed E-state index contributed by atoms with van der Waals surface area (Å²) >= 11 is 0. The number of unbranched alkanes of at least 4 members (excludes halogenated alkanes) is 55. The Hall–Kier alpha value is -1.85. The van der Waals surface area contributed by atoms with Crippen LogP contribution in [0.1, 0.15) is 406 Å². The van der Waals surface area contributed by atoms with E-state index >= 15 is 0 Å². The van der Waals surface area contributed by atoms with Crippen LogP contribution < -0.4 is 5.32 Å². The molecule has 0 aromatic rings. The van der Waals surface area contributed by atoms with E-state index in [1.165, 1.54) is 340 Å². The molecule has 0 saturated carbocycles. The number of aliphatic hydroxyl groups excluding tert-OH is 5. The molecular formula is C81H153NO8. The number of nitrogens with one attached hydrogen (secondary N) is 1. The predicted molar refractivity (Wildman–Crippen MR) is 387 cm³/mol. The van der Waals surface area contributed by atoms with Gasteiger partial charge in [-0.3, -0.25) is 4.79 Å². The average molecular weight is 1270 g/mol. The molecule has 1 fully saturated rings. The third-order valence-electron chi connectivity index (χ3n) is 19.1. The fraction of sp³-hybridized carbons (Fsp3) is 0.889. The number of amides is 1. The van der Waals surface area contributed by atoms with Crippen molar-refractivity contribution < 1.29 is 39.8 Å². The number of carbonyl (C=O) groups is 1. The summed E-state index contributed by atoms with van der Waals surface area (Å²) in [6.07, 6.45) is 89.9. The summed E-state index contributed by atoms with van der Waals surface area (Å²) in [4.78, 5) is 13.2. The van der Waals surface area contributed by atoms with Crippen molar-refractivity contribution in [2.45, 2.75) is 448 Å². The molecule has 1 heterocycles. The fourth-order valence-corrected chi connectivity index (χ4v) is 12.9. The fourth-order valence-electron chi connectivity index (χ4n) is 12.9. The molecule has 90 heavy (non-hydrogen) atoms. The molecule has 7 atom stereocenters. The van der Waals surface area contributed by atoms with Gasteiger partial charge in [0.1, 0.15) is 24.4 Å². The third kappa shape index (κ3) is 57.6. The van der Waals surface area contributed by atoms with E-state index in [9.17, 15) is 30.3 Å². The van der Waals surface area contributed by atoms with Crippen molar-refractivity contribution in [1.29, 1.82) is 0 Å². The van der Waals surface area contributed by atoms with Crippen LogP contribution in [-0.4, -0.2) is 87.5 Å². The van der Waals surface area contributed by atoms with Crippen LogP contribution >= 0.6 is 0 Å². The van der Waals surface area contributed by atoms with Gasteiger partial charge in [-0.15, -0.1) is 0 Å². The van der Waals surface area contributed by atoms with Gasteiger partial charge in [0.25, 0.3) is 0 Å². The van der Waals surface area contributed by atoms with Crippen LogP contribution in [-0.2, 0) is 14.3 Å². The first-order valence-corrected chi connectivity index (χ1v) is 39.9. The van der Waals surface area contributed by atoms with E-state index in [-0.39, 0.29) is 12.5 Å². The third-order valence-corrected chi connectivity index (χ3v) is 19.1. The minimum atomic E-state index is -1.58. The largest absolute Gasteiger partial charge is 0.394 e. The van der Waals surface area contributed by atoms with Crippen LogP contribution in [0.25, 0.3) is 0 Å². The first-order chi connectivity index (χ1) is 44.3. The Bertz CT molecular complexity index is 1570. The molecule has 1 rings (SSSR count). The lowest BCUT2D eigenvalue weighted by Crippen LogP contribution is -2.60. The van der Waals surface area contributed by atoms with Crippen LogP contribution in [0.2, 0.25) is 0 Å². The molecule has 1 amide bonds. The van der Waals surface area contributed by atoms with Gasteiger partial charge in [0, 0.05) is 6.42 Å². The Labute approximate surface area is 558 Å². The summed E-state index contributed by atoms with van der Waals surface area (Å²) in [5.74, 6) is -0.183. The van der Waals surface area contributed by atoms with Crippen molar-refractivity contribution in [3.63, 3.8) is 0 Å². The van der Waals surface area contributed by atoms with Crippen molar-refractivity contribution in [2.75, 3.05) is 13.2 Å². The van der Waals surface area contributed by atoms with Gasteiger partial charge in [-0.25, -0.2) is 0 Å². The summed E-state index contributed by atoms with van der Waals surface area (Å²) in [6, 6.07) is -0.830. The lowest BCUT2D eigenvalue weighted by atomic mass is 9.99. The van der Waals surface area contributed by atoms with Crippen LogP contribution in [0.5, 0.6) is 0 Å². The standard InChI is InChI=1S/C81H153NO8/c1-3-5-7-9-11-13-15-17-19-21-23-25-27-29-31-33-35-36-37-38-39-40-41-43-45-47-49-51-53-55-57-59-61-63-65-67-69-71-77(85)82-74(73-89-81-80(88)79(87)78(86)76(72-83)90-81)75(84)70-68-66-64-62-60-58-56-54-52-50-48-46-44-42-34-32-30-28-26-24-22-20-18-16-14-12-10-8-6-4-2/h21,23,52,54,60,62,68,70,74-76,78-81,83-84,86-88H,3-20,22,24-51,53,55-59,61,63-67,69,71-73H2,1-2H3,(H,82,85)/b23-21-,54-52+,62-60+,70-68+. The minimum absolute atomic E-state index is 0.183. The number of carbonyl (C=O) groups excluding carboxylic acids is 1. The van der Waals surface area contributed by atoms with E-state index in [0.717, 1.165) is 44.9 Å². The molecule has 0 bridgehead atoms. The molecule has 9 heteroatoms. The zero-order valence-corrected chi connectivity index (χ0v) is 59.7. The van der Waals surface area contributed by atoms with Gasteiger partial charge in [0.05, 0.1) is 25.4 Å². The first-order valence-electron chi connectivity index (χ1n) is 39.9. The molecule has 6 N–H and O–H groups in total. The Kier molecular flexibility index (Phi) is 67.0. The van der Waals surface area contributed by atoms with Gasteiger partial charge in [-0.05, 0) is 70.6 Å². The molecule has 1 aliphatic rings. The lowest BCUT2D eigenvalue weighted by molar-refractivity contribution is -0.302. The maximum atomic E-state index is 13.2. The first kappa shape index (κ1) is 86.2. The molecular weight excluding hydrogens is 1110 g/mol. The molecule has 0 spiro atoms. The summed E-state index contributed by atoms with van der Waals surface area (Å²) in [5, 5.41) is 54.8. The van der Waals surface area contributed by atoms with Gasteiger partial charge in [0.15, 0.2) is 6.29 Å². The second-order valence-electron chi connectivity index (χ2n) is 27.8. The highest BCUT2D eigenvalue weighted by molar-refractivity contribution is 5.76. The zero-order valence-electron chi connectivity index (χ0n) is 59.7. The maximum absolute atomic E-state index is 13.2. The smallest absolute Gasteiger partial charge is 0.220 e. The number of allylic oxidation sites excluding steroid dienone is 7. The van der Waals surface area contributed by atoms with E-state index in [0.29, 0.717) is 6.42 Å². The van der Waals surface area contributed by atoms with E-state index in [1.54, 1.807) is 6.08 Å². The molecule has 1 saturated heterocycles. The molecule has 1 aliphatic heterocycles. The summed E-state index contributed by atoms with van der Waals surface area (Å²) < 4.78 is 11.3. The summed E-state index contributed by atoms with van der Waals surface area (Å²) in [5.41, 5.74) is 0. The molecule has 7 unspecified atom stereocenters. The molecule has 0 radical (unpaired) electrons. The monoisotopic (exact) mass is 1270 g/mol. The van der Waals surface area contributed by atoms with Crippen molar-refractivity contribution >= 4 is 5.91 Å². The Balaban J connectivity index is 2.08. The molecule has 530 valence electrons. The van der Waals surface area contributed by atoms with Crippen LogP contribution in [0, 0.1) is 0 Å². The molecule has 0 aromatic heterocycles. The van der Waals surface area contributed by atoms with E-state index in [4.69, 9.17) is 9.47 Å². The van der Waals surface area contributed by atoms with Crippen molar-refractivity contribution in [1.82, 2.24) is 5.32 Å². The maximum Gasteiger partial charge on any atom is 0.220 e.